The van der Waals surface area contributed by atoms with E-state index in [9.17, 15) is 19.5 Å². The first-order valence-corrected chi connectivity index (χ1v) is 13.3. The van der Waals surface area contributed by atoms with E-state index >= 15 is 0 Å². The van der Waals surface area contributed by atoms with Gasteiger partial charge in [-0.25, -0.2) is 9.78 Å². The van der Waals surface area contributed by atoms with Crippen LogP contribution in [0.5, 0.6) is 17.2 Å². The fraction of sp³-hybridized carbons (Fsp3) is 0.310. The molecule has 4 rings (SSSR count). The lowest BCUT2D eigenvalue weighted by molar-refractivity contribution is -0.132. The second-order valence-electron chi connectivity index (χ2n) is 9.01. The van der Waals surface area contributed by atoms with Gasteiger partial charge in [-0.2, -0.15) is 0 Å². The first kappa shape index (κ1) is 28.6. The zero-order valence-corrected chi connectivity index (χ0v) is 23.9. The van der Waals surface area contributed by atoms with Crippen molar-refractivity contribution in [3.63, 3.8) is 0 Å². The monoisotopic (exact) mass is 566 g/mol. The van der Waals surface area contributed by atoms with E-state index in [0.717, 1.165) is 23.3 Å². The normalized spacial score (nSPS) is 16.2. The number of amides is 1. The fourth-order valence-corrected chi connectivity index (χ4v) is 5.47. The Balaban J connectivity index is 1.93. The molecule has 1 unspecified atom stereocenters. The molecule has 1 aromatic heterocycles. The summed E-state index contributed by atoms with van der Waals surface area (Å²) in [6, 6.07) is 8.92. The van der Waals surface area contributed by atoms with Crippen LogP contribution in [-0.2, 0) is 14.3 Å². The second-order valence-corrected chi connectivity index (χ2v) is 9.99. The highest BCUT2D eigenvalue weighted by Crippen LogP contribution is 2.45. The van der Waals surface area contributed by atoms with Gasteiger partial charge in [-0.1, -0.05) is 24.3 Å². The molecule has 1 atom stereocenters. The summed E-state index contributed by atoms with van der Waals surface area (Å²) in [4.78, 5) is 45.1. The number of ether oxygens (including phenoxy) is 4. The van der Waals surface area contributed by atoms with Gasteiger partial charge in [0.2, 0.25) is 0 Å². The molecule has 1 saturated heterocycles. The van der Waals surface area contributed by atoms with E-state index in [4.69, 9.17) is 18.9 Å². The SMILES string of the molecule is CCCOc1ccc(/C(O)=C2/C(=O)C(=O)N(c3nc(C)c(C(=O)OC)s3)C2c2ccc(OC)c(OC)c2)cc1C. The summed E-state index contributed by atoms with van der Waals surface area (Å²) in [5.74, 6) is -1.29. The lowest BCUT2D eigenvalue weighted by atomic mass is 9.94. The van der Waals surface area contributed by atoms with Crippen LogP contribution in [0, 0.1) is 13.8 Å². The smallest absolute Gasteiger partial charge is 0.350 e. The minimum atomic E-state index is -1.08. The van der Waals surface area contributed by atoms with Crippen LogP contribution in [-0.4, -0.2) is 55.7 Å². The fourth-order valence-electron chi connectivity index (χ4n) is 4.46. The molecule has 0 bridgehead atoms. The molecule has 0 saturated carbocycles. The Morgan fingerprint density at radius 1 is 1.02 bits per heavy atom. The van der Waals surface area contributed by atoms with Gasteiger partial charge >= 0.3 is 11.9 Å². The van der Waals surface area contributed by atoms with Gasteiger partial charge in [0.25, 0.3) is 5.78 Å². The summed E-state index contributed by atoms with van der Waals surface area (Å²) in [6.07, 6.45) is 0.837. The number of esters is 1. The van der Waals surface area contributed by atoms with Gasteiger partial charge in [0.05, 0.1) is 45.2 Å². The first-order valence-electron chi connectivity index (χ1n) is 12.5. The predicted octanol–water partition coefficient (Wildman–Crippen LogP) is 4.98. The third-order valence-electron chi connectivity index (χ3n) is 6.44. The highest BCUT2D eigenvalue weighted by atomic mass is 32.1. The van der Waals surface area contributed by atoms with E-state index in [2.05, 4.69) is 4.98 Å². The van der Waals surface area contributed by atoms with Crippen LogP contribution in [0.15, 0.2) is 42.0 Å². The number of hydrogen-bond donors (Lipinski definition) is 1. The average Bonchev–Trinajstić information content (AvgIpc) is 3.47. The van der Waals surface area contributed by atoms with E-state index in [0.29, 0.717) is 40.7 Å². The van der Waals surface area contributed by atoms with Crippen molar-refractivity contribution in [1.29, 1.82) is 0 Å². The highest BCUT2D eigenvalue weighted by molar-refractivity contribution is 7.17. The molecular weight excluding hydrogens is 536 g/mol. The first-order chi connectivity index (χ1) is 19.2. The molecule has 10 nitrogen and oxygen atoms in total. The minimum absolute atomic E-state index is 0.110. The standard InChI is InChI=1S/C29H30N2O8S/c1-7-12-39-19-10-9-18(13-15(19)2)24(32)22-23(17-8-11-20(36-4)21(14-17)37-5)31(27(34)25(22)33)29-30-16(3)26(40-29)28(35)38-6/h8-11,13-14,23,32H,7,12H2,1-6H3/b24-22-. The van der Waals surface area contributed by atoms with Gasteiger partial charge in [0.15, 0.2) is 16.6 Å². The lowest BCUT2D eigenvalue weighted by Crippen LogP contribution is -2.29. The lowest BCUT2D eigenvalue weighted by Gasteiger charge is -2.24. The number of hydrogen-bond acceptors (Lipinski definition) is 10. The Kier molecular flexibility index (Phi) is 8.43. The van der Waals surface area contributed by atoms with Crippen molar-refractivity contribution >= 4 is 39.9 Å². The van der Waals surface area contributed by atoms with Crippen LogP contribution in [0.25, 0.3) is 5.76 Å². The number of carbonyl (C=O) groups is 3. The maximum Gasteiger partial charge on any atom is 0.350 e. The van der Waals surface area contributed by atoms with E-state index in [1.165, 1.54) is 26.2 Å². The number of nitrogens with zero attached hydrogens (tertiary/aromatic N) is 2. The Bertz CT molecular complexity index is 1510. The molecule has 11 heteroatoms. The van der Waals surface area contributed by atoms with Crippen LogP contribution < -0.4 is 19.1 Å². The molecule has 2 heterocycles. The summed E-state index contributed by atoms with van der Waals surface area (Å²) < 4.78 is 21.4. The molecule has 3 aromatic rings. The third kappa shape index (κ3) is 5.12. The van der Waals surface area contributed by atoms with Crippen LogP contribution in [0.2, 0.25) is 0 Å². The molecule has 40 heavy (non-hydrogen) atoms. The Morgan fingerprint density at radius 3 is 2.35 bits per heavy atom. The van der Waals surface area contributed by atoms with Crippen molar-refractivity contribution in [3.05, 3.63) is 69.2 Å². The summed E-state index contributed by atoms with van der Waals surface area (Å²) in [7, 11) is 4.21. The van der Waals surface area contributed by atoms with Crippen molar-refractivity contribution in [1.82, 2.24) is 4.98 Å². The molecule has 0 aliphatic carbocycles. The number of aromatic nitrogens is 1. The van der Waals surface area contributed by atoms with E-state index in [1.807, 2.05) is 13.8 Å². The molecule has 1 fully saturated rings. The predicted molar refractivity (Wildman–Crippen MR) is 149 cm³/mol. The number of benzene rings is 2. The number of ketones is 1. The Morgan fingerprint density at radius 2 is 1.73 bits per heavy atom. The summed E-state index contributed by atoms with van der Waals surface area (Å²) in [5.41, 5.74) is 1.78. The zero-order chi connectivity index (χ0) is 29.1. The summed E-state index contributed by atoms with van der Waals surface area (Å²) in [6.45, 7) is 5.98. The van der Waals surface area contributed by atoms with Crippen LogP contribution >= 0.6 is 11.3 Å². The molecule has 1 N–H and O–H groups in total. The maximum atomic E-state index is 13.5. The number of thiazole rings is 1. The van der Waals surface area contributed by atoms with Crippen molar-refractivity contribution in [2.45, 2.75) is 33.2 Å². The Labute approximate surface area is 235 Å². The largest absolute Gasteiger partial charge is 0.507 e. The number of aliphatic hydroxyl groups excluding tert-OH is 1. The third-order valence-corrected chi connectivity index (χ3v) is 7.58. The number of rotatable bonds is 9. The topological polar surface area (TPSA) is 124 Å². The van der Waals surface area contributed by atoms with Gasteiger partial charge < -0.3 is 24.1 Å². The minimum Gasteiger partial charge on any atom is -0.507 e. The highest BCUT2D eigenvalue weighted by Gasteiger charge is 2.48. The second kappa shape index (κ2) is 11.8. The van der Waals surface area contributed by atoms with Crippen LogP contribution in [0.4, 0.5) is 5.13 Å². The van der Waals surface area contributed by atoms with Crippen molar-refractivity contribution in [2.24, 2.45) is 0 Å². The van der Waals surface area contributed by atoms with E-state index in [-0.39, 0.29) is 21.3 Å². The van der Waals surface area contributed by atoms with Crippen molar-refractivity contribution in [2.75, 3.05) is 32.8 Å². The average molecular weight is 567 g/mol. The van der Waals surface area contributed by atoms with Crippen LogP contribution in [0.3, 0.4) is 0 Å². The molecule has 210 valence electrons. The van der Waals surface area contributed by atoms with Crippen molar-refractivity contribution in [3.8, 4) is 17.2 Å². The van der Waals surface area contributed by atoms with E-state index in [1.54, 1.807) is 43.3 Å². The molecule has 0 radical (unpaired) electrons. The van der Waals surface area contributed by atoms with Gasteiger partial charge in [0.1, 0.15) is 16.4 Å². The van der Waals surface area contributed by atoms with Crippen LogP contribution in [0.1, 0.15) is 51.4 Å². The Hall–Kier alpha value is -4.38. The summed E-state index contributed by atoms with van der Waals surface area (Å²) >= 11 is 0.923. The maximum absolute atomic E-state index is 13.5. The number of Topliss-reactive ketones (excluding diaryl/α,β-unsaturated/α-hetero) is 1. The number of anilines is 1. The number of aryl methyl sites for hydroxylation is 2. The number of methoxy groups -OCH3 is 3. The van der Waals surface area contributed by atoms with Gasteiger partial charge in [0, 0.05) is 5.56 Å². The number of aliphatic hydroxyl groups is 1. The molecule has 1 aliphatic rings. The molecule has 1 aliphatic heterocycles. The number of carbonyl (C=O) groups excluding carboxylic acids is 3. The molecular formula is C29H30N2O8S. The zero-order valence-electron chi connectivity index (χ0n) is 23.1. The van der Waals surface area contributed by atoms with Crippen molar-refractivity contribution < 1.29 is 38.4 Å². The van der Waals surface area contributed by atoms with Gasteiger partial charge in [-0.3, -0.25) is 14.5 Å². The molecule has 0 spiro atoms. The summed E-state index contributed by atoms with van der Waals surface area (Å²) in [5, 5.41) is 11.6. The van der Waals surface area contributed by atoms with E-state index < -0.39 is 23.7 Å². The van der Waals surface area contributed by atoms with Gasteiger partial charge in [-0.15, -0.1) is 0 Å². The van der Waals surface area contributed by atoms with Gasteiger partial charge in [-0.05, 0) is 61.7 Å². The molecule has 2 aromatic carbocycles. The molecule has 1 amide bonds. The quantitative estimate of drug-likeness (QED) is 0.165.